The smallest absolute Gasteiger partial charge is 0.258 e. The predicted molar refractivity (Wildman–Crippen MR) is 89.3 cm³/mol. The predicted octanol–water partition coefficient (Wildman–Crippen LogP) is 2.78. The SMILES string of the molecule is Cc1ccc(OCC(=O)NCc2cncnc2C(C)(C)C)cc1. The van der Waals surface area contributed by atoms with Gasteiger partial charge >= 0.3 is 0 Å². The lowest BCUT2D eigenvalue weighted by Gasteiger charge is -2.21. The summed E-state index contributed by atoms with van der Waals surface area (Å²) >= 11 is 0. The Hall–Kier alpha value is -2.43. The molecule has 0 unspecified atom stereocenters. The molecule has 2 aromatic rings. The number of benzene rings is 1. The van der Waals surface area contributed by atoms with Gasteiger partial charge in [0.1, 0.15) is 12.1 Å². The van der Waals surface area contributed by atoms with Crippen molar-refractivity contribution in [3.05, 3.63) is 53.6 Å². The van der Waals surface area contributed by atoms with Gasteiger partial charge in [0.25, 0.3) is 5.91 Å². The van der Waals surface area contributed by atoms with Crippen molar-refractivity contribution >= 4 is 5.91 Å². The van der Waals surface area contributed by atoms with Crippen molar-refractivity contribution in [1.29, 1.82) is 0 Å². The van der Waals surface area contributed by atoms with Crippen LogP contribution in [0.5, 0.6) is 5.75 Å². The Kier molecular flexibility index (Phi) is 5.32. The van der Waals surface area contributed by atoms with Gasteiger partial charge in [-0.05, 0) is 19.1 Å². The number of hydrogen-bond acceptors (Lipinski definition) is 4. The van der Waals surface area contributed by atoms with Crippen LogP contribution in [0, 0.1) is 6.92 Å². The van der Waals surface area contributed by atoms with Gasteiger partial charge in [-0.1, -0.05) is 38.5 Å². The minimum atomic E-state index is -0.172. The van der Waals surface area contributed by atoms with Crippen molar-refractivity contribution in [3.8, 4) is 5.75 Å². The van der Waals surface area contributed by atoms with E-state index in [4.69, 9.17) is 4.74 Å². The molecule has 5 heteroatoms. The van der Waals surface area contributed by atoms with E-state index < -0.39 is 0 Å². The van der Waals surface area contributed by atoms with Crippen LogP contribution < -0.4 is 10.1 Å². The average molecular weight is 313 g/mol. The van der Waals surface area contributed by atoms with Crippen molar-refractivity contribution in [3.63, 3.8) is 0 Å². The molecule has 5 nitrogen and oxygen atoms in total. The lowest BCUT2D eigenvalue weighted by atomic mass is 9.89. The van der Waals surface area contributed by atoms with E-state index in [1.54, 1.807) is 6.20 Å². The molecule has 0 saturated heterocycles. The lowest BCUT2D eigenvalue weighted by molar-refractivity contribution is -0.123. The maximum atomic E-state index is 11.9. The number of hydrogen-bond donors (Lipinski definition) is 1. The van der Waals surface area contributed by atoms with Crippen LogP contribution in [0.3, 0.4) is 0 Å². The normalized spacial score (nSPS) is 11.1. The van der Waals surface area contributed by atoms with Crippen molar-refractivity contribution < 1.29 is 9.53 Å². The highest BCUT2D eigenvalue weighted by atomic mass is 16.5. The Morgan fingerprint density at radius 2 is 1.91 bits per heavy atom. The van der Waals surface area contributed by atoms with Crippen LogP contribution >= 0.6 is 0 Å². The van der Waals surface area contributed by atoms with Crippen LogP contribution in [0.25, 0.3) is 0 Å². The summed E-state index contributed by atoms with van der Waals surface area (Å²) in [6.07, 6.45) is 3.28. The second kappa shape index (κ2) is 7.22. The molecular weight excluding hydrogens is 290 g/mol. The van der Waals surface area contributed by atoms with Crippen LogP contribution in [-0.2, 0) is 16.8 Å². The molecule has 0 aliphatic rings. The molecule has 1 aromatic heterocycles. The maximum Gasteiger partial charge on any atom is 0.258 e. The number of carbonyl (C=O) groups is 1. The molecule has 1 heterocycles. The molecule has 0 bridgehead atoms. The van der Waals surface area contributed by atoms with Crippen molar-refractivity contribution in [2.24, 2.45) is 0 Å². The number of nitrogens with one attached hydrogen (secondary N) is 1. The third-order valence-electron chi connectivity index (χ3n) is 3.37. The standard InChI is InChI=1S/C18H23N3O2/c1-13-5-7-15(8-6-13)23-11-16(22)20-10-14-9-19-12-21-17(14)18(2,3)4/h5-9,12H,10-11H2,1-4H3,(H,20,22). The van der Waals surface area contributed by atoms with E-state index in [1.807, 2.05) is 31.2 Å². The molecule has 0 saturated carbocycles. The molecule has 1 amide bonds. The molecule has 1 aromatic carbocycles. The van der Waals surface area contributed by atoms with Gasteiger partial charge in [0.15, 0.2) is 6.61 Å². The van der Waals surface area contributed by atoms with Crippen molar-refractivity contribution in [1.82, 2.24) is 15.3 Å². The van der Waals surface area contributed by atoms with Crippen LogP contribution in [0.15, 0.2) is 36.8 Å². The summed E-state index contributed by atoms with van der Waals surface area (Å²) in [4.78, 5) is 20.3. The Bertz CT molecular complexity index is 661. The van der Waals surface area contributed by atoms with Gasteiger partial charge in [0.2, 0.25) is 0 Å². The van der Waals surface area contributed by atoms with Crippen molar-refractivity contribution in [2.75, 3.05) is 6.61 Å². The van der Waals surface area contributed by atoms with Gasteiger partial charge in [-0.3, -0.25) is 4.79 Å². The summed E-state index contributed by atoms with van der Waals surface area (Å²) in [5.74, 6) is 0.512. The summed E-state index contributed by atoms with van der Waals surface area (Å²) < 4.78 is 5.47. The minimum Gasteiger partial charge on any atom is -0.484 e. The zero-order valence-electron chi connectivity index (χ0n) is 14.1. The minimum absolute atomic E-state index is 0.0123. The first-order chi connectivity index (χ1) is 10.9. The first kappa shape index (κ1) is 16.9. The number of ether oxygens (including phenoxy) is 1. The van der Waals surface area contributed by atoms with E-state index in [0.717, 1.165) is 16.8 Å². The highest BCUT2D eigenvalue weighted by molar-refractivity contribution is 5.77. The Morgan fingerprint density at radius 3 is 2.57 bits per heavy atom. The third-order valence-corrected chi connectivity index (χ3v) is 3.37. The zero-order valence-corrected chi connectivity index (χ0v) is 14.1. The Balaban J connectivity index is 1.89. The molecule has 1 N–H and O–H groups in total. The van der Waals surface area contributed by atoms with Crippen LogP contribution in [-0.4, -0.2) is 22.5 Å². The lowest BCUT2D eigenvalue weighted by Crippen LogP contribution is -2.30. The van der Waals surface area contributed by atoms with Gasteiger partial charge < -0.3 is 10.1 Å². The van der Waals surface area contributed by atoms with E-state index in [-0.39, 0.29) is 17.9 Å². The second-order valence-electron chi connectivity index (χ2n) is 6.53. The molecule has 0 aliphatic carbocycles. The number of carbonyl (C=O) groups excluding carboxylic acids is 1. The highest BCUT2D eigenvalue weighted by Gasteiger charge is 2.19. The fourth-order valence-electron chi connectivity index (χ4n) is 2.19. The summed E-state index contributed by atoms with van der Waals surface area (Å²) in [5, 5.41) is 2.85. The van der Waals surface area contributed by atoms with Gasteiger partial charge in [-0.25, -0.2) is 9.97 Å². The largest absolute Gasteiger partial charge is 0.484 e. The Labute approximate surface area is 137 Å². The molecule has 122 valence electrons. The summed E-state index contributed by atoms with van der Waals surface area (Å²) in [6, 6.07) is 7.60. The Morgan fingerprint density at radius 1 is 1.22 bits per heavy atom. The molecule has 23 heavy (non-hydrogen) atoms. The molecule has 0 spiro atoms. The summed E-state index contributed by atoms with van der Waals surface area (Å²) in [6.45, 7) is 8.64. The van der Waals surface area contributed by atoms with Gasteiger partial charge in [-0.15, -0.1) is 0 Å². The second-order valence-corrected chi connectivity index (χ2v) is 6.53. The average Bonchev–Trinajstić information content (AvgIpc) is 2.52. The first-order valence-corrected chi connectivity index (χ1v) is 7.62. The van der Waals surface area contributed by atoms with Crippen LogP contribution in [0.4, 0.5) is 0 Å². The van der Waals surface area contributed by atoms with Crippen molar-refractivity contribution in [2.45, 2.75) is 39.7 Å². The van der Waals surface area contributed by atoms with E-state index in [2.05, 4.69) is 36.1 Å². The zero-order chi connectivity index (χ0) is 16.9. The molecule has 2 rings (SSSR count). The van der Waals surface area contributed by atoms with Crippen LogP contribution in [0.1, 0.15) is 37.6 Å². The van der Waals surface area contributed by atoms with Gasteiger partial charge in [0.05, 0.1) is 5.69 Å². The molecule has 0 atom stereocenters. The summed E-state index contributed by atoms with van der Waals surface area (Å²) in [5.41, 5.74) is 2.91. The van der Waals surface area contributed by atoms with E-state index in [1.165, 1.54) is 6.33 Å². The maximum absolute atomic E-state index is 11.9. The van der Waals surface area contributed by atoms with Crippen LogP contribution in [0.2, 0.25) is 0 Å². The first-order valence-electron chi connectivity index (χ1n) is 7.62. The highest BCUT2D eigenvalue weighted by Crippen LogP contribution is 2.22. The molecule has 0 fully saturated rings. The van der Waals surface area contributed by atoms with Gasteiger partial charge in [0, 0.05) is 23.7 Å². The number of rotatable bonds is 5. The fraction of sp³-hybridized carbons (Fsp3) is 0.389. The fourth-order valence-corrected chi connectivity index (χ4v) is 2.19. The molecule has 0 radical (unpaired) electrons. The number of aryl methyl sites for hydroxylation is 1. The monoisotopic (exact) mass is 313 g/mol. The van der Waals surface area contributed by atoms with Gasteiger partial charge in [-0.2, -0.15) is 0 Å². The quantitative estimate of drug-likeness (QED) is 0.922. The van der Waals surface area contributed by atoms with E-state index in [9.17, 15) is 4.79 Å². The number of aromatic nitrogens is 2. The number of amides is 1. The molecular formula is C18H23N3O2. The molecule has 0 aliphatic heterocycles. The third kappa shape index (κ3) is 5.06. The number of nitrogens with zero attached hydrogens (tertiary/aromatic N) is 2. The van der Waals surface area contributed by atoms with E-state index >= 15 is 0 Å². The van der Waals surface area contributed by atoms with E-state index in [0.29, 0.717) is 12.3 Å². The topological polar surface area (TPSA) is 64.1 Å². The summed E-state index contributed by atoms with van der Waals surface area (Å²) in [7, 11) is 0.